The van der Waals surface area contributed by atoms with Gasteiger partial charge in [-0.05, 0) is 67.4 Å². The lowest BCUT2D eigenvalue weighted by Gasteiger charge is -2.60. The summed E-state index contributed by atoms with van der Waals surface area (Å²) in [5.74, 6) is 3.92. The first-order valence-electron chi connectivity index (χ1n) is 9.99. The highest BCUT2D eigenvalue weighted by Gasteiger charge is 2.53. The predicted molar refractivity (Wildman–Crippen MR) is 100 cm³/mol. The second-order valence-corrected chi connectivity index (χ2v) is 8.89. The smallest absolute Gasteiger partial charge is 0.223 e. The molecule has 0 aromatic carbocycles. The number of hydrogen-bond acceptors (Lipinski definition) is 3. The van der Waals surface area contributed by atoms with Crippen LogP contribution >= 0.6 is 0 Å². The standard InChI is InChI=1S/C21H31N3O/c1-21(2)17-7-6-16(18(21)13-17)14-23-20(25)15-8-11-24(12-9-15)19-5-3-4-10-22-19/h3-5,10,15-18H,6-9,11-14H2,1-2H3,(H,23,25)/t16-,17-,18+/m0/s1. The summed E-state index contributed by atoms with van der Waals surface area (Å²) >= 11 is 0. The molecule has 1 aromatic heterocycles. The number of hydrogen-bond donors (Lipinski definition) is 1. The van der Waals surface area contributed by atoms with Crippen LogP contribution in [0.2, 0.25) is 0 Å². The van der Waals surface area contributed by atoms with Crippen LogP contribution in [0.5, 0.6) is 0 Å². The molecule has 1 N–H and O–H groups in total. The lowest BCUT2D eigenvalue weighted by Crippen LogP contribution is -2.55. The van der Waals surface area contributed by atoms with E-state index in [1.807, 2.05) is 18.3 Å². The van der Waals surface area contributed by atoms with Crippen molar-refractivity contribution in [1.82, 2.24) is 10.3 Å². The molecule has 0 spiro atoms. The van der Waals surface area contributed by atoms with E-state index < -0.39 is 0 Å². The molecule has 5 rings (SSSR count). The molecule has 4 heteroatoms. The van der Waals surface area contributed by atoms with Gasteiger partial charge in [0.05, 0.1) is 0 Å². The molecule has 3 saturated carbocycles. The molecule has 1 aliphatic heterocycles. The normalized spacial score (nSPS) is 31.3. The Labute approximate surface area is 151 Å². The van der Waals surface area contributed by atoms with Gasteiger partial charge in [-0.1, -0.05) is 19.9 Å². The molecule has 136 valence electrons. The molecule has 1 saturated heterocycles. The second-order valence-electron chi connectivity index (χ2n) is 8.89. The largest absolute Gasteiger partial charge is 0.357 e. The minimum absolute atomic E-state index is 0.172. The summed E-state index contributed by atoms with van der Waals surface area (Å²) in [5, 5.41) is 3.30. The fourth-order valence-electron chi connectivity index (χ4n) is 5.49. The van der Waals surface area contributed by atoms with Crippen LogP contribution in [0.3, 0.4) is 0 Å². The molecule has 1 aromatic rings. The molecule has 3 atom stereocenters. The highest BCUT2D eigenvalue weighted by atomic mass is 16.1. The Kier molecular flexibility index (Phi) is 4.47. The van der Waals surface area contributed by atoms with Crippen LogP contribution in [-0.4, -0.2) is 30.5 Å². The van der Waals surface area contributed by atoms with Gasteiger partial charge in [-0.15, -0.1) is 0 Å². The number of amides is 1. The van der Waals surface area contributed by atoms with Crippen LogP contribution in [0.25, 0.3) is 0 Å². The first kappa shape index (κ1) is 16.9. The predicted octanol–water partition coefficient (Wildman–Crippen LogP) is 3.49. The SMILES string of the molecule is CC1(C)[C@H]2CC[C@@H](CNC(=O)C3CCN(c4ccccn4)CC3)[C@H]1C2. The number of anilines is 1. The number of fused-ring (bicyclic) bond motifs is 2. The number of rotatable bonds is 4. The van der Waals surface area contributed by atoms with Gasteiger partial charge in [0.25, 0.3) is 0 Å². The zero-order valence-electron chi connectivity index (χ0n) is 15.6. The van der Waals surface area contributed by atoms with Gasteiger partial charge in [-0.2, -0.15) is 0 Å². The van der Waals surface area contributed by atoms with E-state index in [0.29, 0.717) is 11.3 Å². The topological polar surface area (TPSA) is 45.2 Å². The van der Waals surface area contributed by atoms with E-state index in [1.54, 1.807) is 0 Å². The van der Waals surface area contributed by atoms with Crippen molar-refractivity contribution in [3.63, 3.8) is 0 Å². The number of nitrogens with zero attached hydrogens (tertiary/aromatic N) is 2. The maximum absolute atomic E-state index is 12.6. The van der Waals surface area contributed by atoms with Gasteiger partial charge in [0, 0.05) is 31.7 Å². The summed E-state index contributed by atoms with van der Waals surface area (Å²) in [6.07, 6.45) is 7.75. The van der Waals surface area contributed by atoms with Crippen molar-refractivity contribution in [2.75, 3.05) is 24.5 Å². The summed E-state index contributed by atoms with van der Waals surface area (Å²) in [6.45, 7) is 7.59. The molecule has 3 aliphatic carbocycles. The molecular weight excluding hydrogens is 310 g/mol. The highest BCUT2D eigenvalue weighted by molar-refractivity contribution is 5.79. The lowest BCUT2D eigenvalue weighted by atomic mass is 9.45. The highest BCUT2D eigenvalue weighted by Crippen LogP contribution is 2.61. The van der Waals surface area contributed by atoms with Gasteiger partial charge < -0.3 is 10.2 Å². The fourth-order valence-corrected chi connectivity index (χ4v) is 5.49. The first-order valence-corrected chi connectivity index (χ1v) is 9.99. The summed E-state index contributed by atoms with van der Waals surface area (Å²) in [4.78, 5) is 19.3. The number of carbonyl (C=O) groups is 1. The monoisotopic (exact) mass is 341 g/mol. The van der Waals surface area contributed by atoms with E-state index in [4.69, 9.17) is 0 Å². The zero-order valence-corrected chi connectivity index (χ0v) is 15.6. The van der Waals surface area contributed by atoms with Gasteiger partial charge in [-0.3, -0.25) is 4.79 Å². The Morgan fingerprint density at radius 1 is 1.24 bits per heavy atom. The molecule has 2 bridgehead atoms. The Bertz CT molecular complexity index is 605. The Hall–Kier alpha value is -1.58. The van der Waals surface area contributed by atoms with Crippen LogP contribution in [0, 0.1) is 29.1 Å². The summed E-state index contributed by atoms with van der Waals surface area (Å²) in [7, 11) is 0. The molecule has 4 nitrogen and oxygen atoms in total. The third-order valence-corrected chi connectivity index (χ3v) is 7.38. The van der Waals surface area contributed by atoms with Gasteiger partial charge in [0.15, 0.2) is 0 Å². The van der Waals surface area contributed by atoms with E-state index >= 15 is 0 Å². The van der Waals surface area contributed by atoms with Crippen LogP contribution in [0.1, 0.15) is 46.0 Å². The third-order valence-electron chi connectivity index (χ3n) is 7.38. The minimum Gasteiger partial charge on any atom is -0.357 e. The second kappa shape index (κ2) is 6.62. The van der Waals surface area contributed by atoms with Gasteiger partial charge in [-0.25, -0.2) is 4.98 Å². The third kappa shape index (κ3) is 3.16. The van der Waals surface area contributed by atoms with Crippen LogP contribution in [-0.2, 0) is 4.79 Å². The van der Waals surface area contributed by atoms with Gasteiger partial charge >= 0.3 is 0 Å². The number of carbonyl (C=O) groups excluding carboxylic acids is 1. The molecule has 0 unspecified atom stereocenters. The number of aromatic nitrogens is 1. The number of pyridine rings is 1. The maximum atomic E-state index is 12.6. The average Bonchev–Trinajstić information content (AvgIpc) is 2.67. The molecular formula is C21H31N3O. The molecule has 25 heavy (non-hydrogen) atoms. The molecule has 0 radical (unpaired) electrons. The van der Waals surface area contributed by atoms with E-state index in [9.17, 15) is 4.79 Å². The summed E-state index contributed by atoms with van der Waals surface area (Å²) in [6, 6.07) is 6.02. The lowest BCUT2D eigenvalue weighted by molar-refractivity contribution is -0.128. The number of piperidine rings is 1. The van der Waals surface area contributed by atoms with Crippen molar-refractivity contribution in [2.24, 2.45) is 29.1 Å². The van der Waals surface area contributed by atoms with Gasteiger partial charge in [0.2, 0.25) is 5.91 Å². The molecule has 4 aliphatic rings. The van der Waals surface area contributed by atoms with Crippen molar-refractivity contribution >= 4 is 11.7 Å². The van der Waals surface area contributed by atoms with Gasteiger partial charge in [0.1, 0.15) is 5.82 Å². The Balaban J connectivity index is 1.24. The van der Waals surface area contributed by atoms with Crippen molar-refractivity contribution in [1.29, 1.82) is 0 Å². The maximum Gasteiger partial charge on any atom is 0.223 e. The first-order chi connectivity index (χ1) is 12.1. The quantitative estimate of drug-likeness (QED) is 0.912. The van der Waals surface area contributed by atoms with Crippen molar-refractivity contribution in [2.45, 2.75) is 46.0 Å². The fraction of sp³-hybridized carbons (Fsp3) is 0.714. The zero-order chi connectivity index (χ0) is 17.4. The van der Waals surface area contributed by atoms with Crippen molar-refractivity contribution in [3.05, 3.63) is 24.4 Å². The van der Waals surface area contributed by atoms with Crippen molar-refractivity contribution < 1.29 is 4.79 Å². The van der Waals surface area contributed by atoms with Crippen LogP contribution in [0.4, 0.5) is 5.82 Å². The van der Waals surface area contributed by atoms with Crippen LogP contribution in [0.15, 0.2) is 24.4 Å². The molecule has 2 heterocycles. The van der Waals surface area contributed by atoms with E-state index in [2.05, 4.69) is 35.1 Å². The summed E-state index contributed by atoms with van der Waals surface area (Å²) < 4.78 is 0. The Morgan fingerprint density at radius 3 is 2.68 bits per heavy atom. The molecule has 1 amide bonds. The minimum atomic E-state index is 0.172. The summed E-state index contributed by atoms with van der Waals surface area (Å²) in [5.41, 5.74) is 0.502. The average molecular weight is 341 g/mol. The van der Waals surface area contributed by atoms with E-state index in [1.165, 1.54) is 19.3 Å². The van der Waals surface area contributed by atoms with Crippen LogP contribution < -0.4 is 10.2 Å². The molecule has 4 fully saturated rings. The Morgan fingerprint density at radius 2 is 2.04 bits per heavy atom. The van der Waals surface area contributed by atoms with E-state index in [-0.39, 0.29) is 11.8 Å². The van der Waals surface area contributed by atoms with Crippen molar-refractivity contribution in [3.8, 4) is 0 Å². The number of nitrogens with one attached hydrogen (secondary N) is 1. The van der Waals surface area contributed by atoms with E-state index in [0.717, 1.165) is 50.1 Å².